The number of aryl methyl sites for hydroxylation is 1. The topological polar surface area (TPSA) is 123 Å². The van der Waals surface area contributed by atoms with Crippen LogP contribution in [-0.2, 0) is 4.74 Å². The van der Waals surface area contributed by atoms with Gasteiger partial charge in [0.1, 0.15) is 11.5 Å². The number of hydrogen-bond acceptors (Lipinski definition) is 8. The number of benzene rings is 1. The Morgan fingerprint density at radius 2 is 2.07 bits per heavy atom. The van der Waals surface area contributed by atoms with Crippen molar-refractivity contribution in [2.24, 2.45) is 0 Å². The number of carbonyl (C=O) groups excluding carboxylic acids is 2. The quantitative estimate of drug-likeness (QED) is 0.401. The first kappa shape index (κ1) is 21.4. The van der Waals surface area contributed by atoms with E-state index < -0.39 is 23.2 Å². The molecule has 0 bridgehead atoms. The molecule has 1 amide bonds. The number of aromatic nitrogens is 3. The summed E-state index contributed by atoms with van der Waals surface area (Å²) in [5.74, 6) is -1.96. The maximum atomic E-state index is 12.6. The van der Waals surface area contributed by atoms with E-state index in [9.17, 15) is 19.5 Å². The minimum atomic E-state index is -0.793. The van der Waals surface area contributed by atoms with E-state index in [1.807, 2.05) is 0 Å². The summed E-state index contributed by atoms with van der Waals surface area (Å²) in [7, 11) is 0. The molecule has 2 N–H and O–H groups in total. The number of nitrogens with zero attached hydrogens (tertiary/aromatic N) is 3. The Bertz CT molecular complexity index is 1190. The van der Waals surface area contributed by atoms with Crippen molar-refractivity contribution in [3.63, 3.8) is 0 Å². The molecule has 0 aliphatic heterocycles. The fraction of sp³-hybridized carbons (Fsp3) is 0.105. The first-order valence-electron chi connectivity index (χ1n) is 8.46. The van der Waals surface area contributed by atoms with E-state index in [0.717, 1.165) is 26.6 Å². The maximum Gasteiger partial charge on any atom is 0.350 e. The van der Waals surface area contributed by atoms with Crippen molar-refractivity contribution >= 4 is 44.3 Å². The summed E-state index contributed by atoms with van der Waals surface area (Å²) < 4.78 is 6.77. The van der Waals surface area contributed by atoms with Gasteiger partial charge in [-0.3, -0.25) is 14.9 Å². The van der Waals surface area contributed by atoms with Crippen molar-refractivity contribution < 1.29 is 19.4 Å². The van der Waals surface area contributed by atoms with E-state index in [-0.39, 0.29) is 22.3 Å². The predicted octanol–water partition coefficient (Wildman–Crippen LogP) is 3.06. The molecule has 3 aromatic rings. The molecule has 0 atom stereocenters. The third-order valence-electron chi connectivity index (χ3n) is 3.73. The van der Waals surface area contributed by atoms with E-state index in [4.69, 9.17) is 4.74 Å². The largest absolute Gasteiger partial charge is 0.505 e. The molecule has 0 unspecified atom stereocenters. The standard InChI is InChI=1S/C19H15BrN4O5S/c1-3-8-29-18(28)16-10(2)21-19(30-16)22-17(27)15-13(25)9-14(26)24(23-15)12-6-4-11(20)5-7-12/h3-7,9,25H,1,8H2,2H3,(H,21,22,27). The number of rotatable bonds is 6. The first-order valence-corrected chi connectivity index (χ1v) is 10.1. The van der Waals surface area contributed by atoms with Crippen molar-refractivity contribution in [3.8, 4) is 11.4 Å². The number of ether oxygens (including phenoxy) is 1. The van der Waals surface area contributed by atoms with Gasteiger partial charge in [-0.05, 0) is 31.2 Å². The second-order valence-electron chi connectivity index (χ2n) is 5.88. The number of amides is 1. The van der Waals surface area contributed by atoms with Crippen LogP contribution in [0.2, 0.25) is 0 Å². The van der Waals surface area contributed by atoms with Crippen LogP contribution in [0.25, 0.3) is 5.69 Å². The summed E-state index contributed by atoms with van der Waals surface area (Å²) in [5.41, 5.74) is -0.194. The zero-order chi connectivity index (χ0) is 21.8. The average molecular weight is 491 g/mol. The monoisotopic (exact) mass is 490 g/mol. The Labute approximate surface area is 182 Å². The normalized spacial score (nSPS) is 10.5. The van der Waals surface area contributed by atoms with Crippen LogP contribution < -0.4 is 10.9 Å². The Kier molecular flexibility index (Phi) is 6.43. The van der Waals surface area contributed by atoms with Crippen molar-refractivity contribution in [3.05, 3.63) is 74.1 Å². The van der Waals surface area contributed by atoms with Crippen molar-refractivity contribution in [2.45, 2.75) is 6.92 Å². The van der Waals surface area contributed by atoms with Gasteiger partial charge < -0.3 is 9.84 Å². The Balaban J connectivity index is 1.88. The molecule has 154 valence electrons. The van der Waals surface area contributed by atoms with Gasteiger partial charge in [0.2, 0.25) is 0 Å². The third-order valence-corrected chi connectivity index (χ3v) is 5.31. The van der Waals surface area contributed by atoms with Gasteiger partial charge in [0, 0.05) is 10.5 Å². The minimum absolute atomic E-state index is 0.0489. The molecular weight excluding hydrogens is 476 g/mol. The van der Waals surface area contributed by atoms with Gasteiger partial charge >= 0.3 is 5.97 Å². The molecule has 2 aromatic heterocycles. The van der Waals surface area contributed by atoms with E-state index in [2.05, 4.69) is 37.9 Å². The van der Waals surface area contributed by atoms with Crippen LogP contribution in [0.1, 0.15) is 25.9 Å². The summed E-state index contributed by atoms with van der Waals surface area (Å²) in [5, 5.41) is 16.6. The van der Waals surface area contributed by atoms with Gasteiger partial charge in [0.25, 0.3) is 11.5 Å². The minimum Gasteiger partial charge on any atom is -0.505 e. The highest BCUT2D eigenvalue weighted by Crippen LogP contribution is 2.24. The van der Waals surface area contributed by atoms with E-state index in [1.54, 1.807) is 31.2 Å². The molecule has 0 fully saturated rings. The smallest absolute Gasteiger partial charge is 0.350 e. The lowest BCUT2D eigenvalue weighted by Crippen LogP contribution is -2.25. The second-order valence-corrected chi connectivity index (χ2v) is 7.79. The van der Waals surface area contributed by atoms with Crippen LogP contribution in [0.4, 0.5) is 5.13 Å². The summed E-state index contributed by atoms with van der Waals surface area (Å²) in [4.78, 5) is 41.2. The number of esters is 1. The molecule has 3 rings (SSSR count). The van der Waals surface area contributed by atoms with Gasteiger partial charge in [-0.2, -0.15) is 9.78 Å². The number of carbonyl (C=O) groups is 2. The van der Waals surface area contributed by atoms with Crippen LogP contribution in [0.3, 0.4) is 0 Å². The Morgan fingerprint density at radius 3 is 2.73 bits per heavy atom. The van der Waals surface area contributed by atoms with Crippen LogP contribution >= 0.6 is 27.3 Å². The number of halogens is 1. The number of aromatic hydroxyl groups is 1. The molecular formula is C19H15BrN4O5S. The molecule has 0 saturated carbocycles. The first-order chi connectivity index (χ1) is 14.3. The molecule has 0 saturated heterocycles. The Morgan fingerprint density at radius 1 is 1.37 bits per heavy atom. The zero-order valence-electron chi connectivity index (χ0n) is 15.6. The van der Waals surface area contributed by atoms with Gasteiger partial charge in [0.15, 0.2) is 16.6 Å². The molecule has 9 nitrogen and oxygen atoms in total. The molecule has 0 radical (unpaired) electrons. The van der Waals surface area contributed by atoms with Crippen LogP contribution in [0.15, 0.2) is 52.3 Å². The zero-order valence-corrected chi connectivity index (χ0v) is 18.0. The van der Waals surface area contributed by atoms with Crippen LogP contribution in [0, 0.1) is 6.92 Å². The highest BCUT2D eigenvalue weighted by Gasteiger charge is 2.21. The highest BCUT2D eigenvalue weighted by atomic mass is 79.9. The van der Waals surface area contributed by atoms with Crippen molar-refractivity contribution in [2.75, 3.05) is 11.9 Å². The fourth-order valence-corrected chi connectivity index (χ4v) is 3.49. The summed E-state index contributed by atoms with van der Waals surface area (Å²) in [6.07, 6.45) is 1.44. The van der Waals surface area contributed by atoms with Gasteiger partial charge in [-0.1, -0.05) is 39.9 Å². The fourth-order valence-electron chi connectivity index (χ4n) is 2.37. The molecule has 11 heteroatoms. The molecule has 2 heterocycles. The highest BCUT2D eigenvalue weighted by molar-refractivity contribution is 9.10. The molecule has 1 aromatic carbocycles. The SMILES string of the molecule is C=CCOC(=O)c1sc(NC(=O)c2nn(-c3ccc(Br)cc3)c(=O)cc2O)nc1C. The molecule has 0 aliphatic carbocycles. The van der Waals surface area contributed by atoms with Crippen LogP contribution in [0.5, 0.6) is 5.75 Å². The maximum absolute atomic E-state index is 12.6. The van der Waals surface area contributed by atoms with Gasteiger partial charge in [0.05, 0.1) is 11.4 Å². The number of anilines is 1. The lowest BCUT2D eigenvalue weighted by molar-refractivity contribution is 0.0554. The third kappa shape index (κ3) is 4.63. The Hall–Kier alpha value is -3.31. The second kappa shape index (κ2) is 9.01. The number of thiazole rings is 1. The van der Waals surface area contributed by atoms with E-state index >= 15 is 0 Å². The molecule has 30 heavy (non-hydrogen) atoms. The van der Waals surface area contributed by atoms with Gasteiger partial charge in [-0.15, -0.1) is 0 Å². The molecule has 0 spiro atoms. The van der Waals surface area contributed by atoms with Crippen LogP contribution in [-0.4, -0.2) is 38.4 Å². The lowest BCUT2D eigenvalue weighted by Gasteiger charge is -2.08. The van der Waals surface area contributed by atoms with E-state index in [1.165, 1.54) is 6.08 Å². The van der Waals surface area contributed by atoms with Gasteiger partial charge in [-0.25, -0.2) is 9.78 Å². The lowest BCUT2D eigenvalue weighted by atomic mass is 10.3. The summed E-state index contributed by atoms with van der Waals surface area (Å²) >= 11 is 4.22. The summed E-state index contributed by atoms with van der Waals surface area (Å²) in [6.45, 7) is 5.12. The average Bonchev–Trinajstić information content (AvgIpc) is 3.07. The van der Waals surface area contributed by atoms with E-state index in [0.29, 0.717) is 11.4 Å². The van der Waals surface area contributed by atoms with Crippen molar-refractivity contribution in [1.82, 2.24) is 14.8 Å². The predicted molar refractivity (Wildman–Crippen MR) is 114 cm³/mol. The number of nitrogens with one attached hydrogen (secondary N) is 1. The summed E-state index contributed by atoms with van der Waals surface area (Å²) in [6, 6.07) is 7.57. The number of hydrogen-bond donors (Lipinski definition) is 2. The van der Waals surface area contributed by atoms with Crippen molar-refractivity contribution in [1.29, 1.82) is 0 Å². The molecule has 0 aliphatic rings.